The maximum atomic E-state index is 12.8. The molecule has 2 amide bonds. The van der Waals surface area contributed by atoms with Crippen molar-refractivity contribution in [3.8, 4) is 5.75 Å². The number of hydrogen-bond acceptors (Lipinski definition) is 5. The number of hydrogen-bond donors (Lipinski definition) is 4. The molecule has 1 unspecified atom stereocenters. The van der Waals surface area contributed by atoms with E-state index in [2.05, 4.69) is 47.8 Å². The van der Waals surface area contributed by atoms with Gasteiger partial charge in [0.25, 0.3) is 0 Å². The van der Waals surface area contributed by atoms with E-state index in [9.17, 15) is 14.0 Å². The number of aromatic nitrogens is 1. The van der Waals surface area contributed by atoms with Gasteiger partial charge in [0.2, 0.25) is 11.8 Å². The van der Waals surface area contributed by atoms with E-state index in [0.717, 1.165) is 24.2 Å². The number of carbonyl (C=O) groups excluding carboxylic acids is 2. The van der Waals surface area contributed by atoms with Gasteiger partial charge in [-0.1, -0.05) is 63.2 Å². The van der Waals surface area contributed by atoms with Gasteiger partial charge >= 0.3 is 0 Å². The second-order valence-electron chi connectivity index (χ2n) is 10.1. The maximum absolute atomic E-state index is 12.8. The van der Waals surface area contributed by atoms with Crippen LogP contribution in [0.1, 0.15) is 39.2 Å². The quantitative estimate of drug-likeness (QED) is 0.360. The summed E-state index contributed by atoms with van der Waals surface area (Å²) < 4.78 is 19.8. The summed E-state index contributed by atoms with van der Waals surface area (Å²) >= 11 is 0. The highest BCUT2D eigenvalue weighted by molar-refractivity contribution is 5.88. The number of benzene rings is 2. The molecule has 0 aliphatic carbocycles. The number of nitrogens with one attached hydrogen (secondary N) is 4. The monoisotopic (exact) mass is 579 g/mol. The van der Waals surface area contributed by atoms with Gasteiger partial charge in [-0.15, -0.1) is 0 Å². The predicted octanol–water partition coefficient (Wildman–Crippen LogP) is 4.44. The molecule has 0 saturated heterocycles. The average molecular weight is 580 g/mol. The number of fused-ring (bicyclic) bond motifs is 1. The fourth-order valence-corrected chi connectivity index (χ4v) is 3.86. The molecule has 1 aliphatic heterocycles. The van der Waals surface area contributed by atoms with Crippen molar-refractivity contribution in [2.75, 3.05) is 26.2 Å². The van der Waals surface area contributed by atoms with Gasteiger partial charge in [-0.05, 0) is 55.7 Å². The number of para-hydroxylation sites is 1. The smallest absolute Gasteiger partial charge is 0.244 e. The van der Waals surface area contributed by atoms with Crippen molar-refractivity contribution < 1.29 is 18.7 Å². The second-order valence-corrected chi connectivity index (χ2v) is 10.1. The van der Waals surface area contributed by atoms with Crippen LogP contribution in [0.15, 0.2) is 91.4 Å². The largest absolute Gasteiger partial charge is 0.492 e. The van der Waals surface area contributed by atoms with E-state index in [4.69, 9.17) is 4.74 Å². The van der Waals surface area contributed by atoms with Crippen LogP contribution in [-0.4, -0.2) is 54.7 Å². The third kappa shape index (κ3) is 14.0. The van der Waals surface area contributed by atoms with Gasteiger partial charge in [-0.3, -0.25) is 9.59 Å². The summed E-state index contributed by atoms with van der Waals surface area (Å²) in [4.78, 5) is 25.3. The second kappa shape index (κ2) is 19.9. The predicted molar refractivity (Wildman–Crippen MR) is 167 cm³/mol. The van der Waals surface area contributed by atoms with Crippen LogP contribution in [0.4, 0.5) is 4.39 Å². The molecule has 4 N–H and O–H groups in total. The van der Waals surface area contributed by atoms with E-state index < -0.39 is 6.04 Å². The van der Waals surface area contributed by atoms with Crippen LogP contribution in [0.3, 0.4) is 0 Å². The molecular weight excluding hydrogens is 533 g/mol. The maximum Gasteiger partial charge on any atom is 0.244 e. The van der Waals surface area contributed by atoms with E-state index in [1.54, 1.807) is 18.2 Å². The fourth-order valence-electron chi connectivity index (χ4n) is 3.86. The van der Waals surface area contributed by atoms with Crippen LogP contribution in [0, 0.1) is 5.82 Å². The zero-order valence-electron chi connectivity index (χ0n) is 25.1. The molecule has 42 heavy (non-hydrogen) atoms. The zero-order valence-corrected chi connectivity index (χ0v) is 25.1. The molecule has 0 radical (unpaired) electrons. The molecule has 0 fully saturated rings. The molecule has 2 heterocycles. The van der Waals surface area contributed by atoms with E-state index in [-0.39, 0.29) is 30.2 Å². The lowest BCUT2D eigenvalue weighted by molar-refractivity contribution is -0.128. The Morgan fingerprint density at radius 3 is 2.29 bits per heavy atom. The van der Waals surface area contributed by atoms with Crippen LogP contribution in [0.25, 0.3) is 0 Å². The van der Waals surface area contributed by atoms with Gasteiger partial charge in [0, 0.05) is 37.2 Å². The number of rotatable bonds is 2. The molecule has 2 aromatic carbocycles. The topological polar surface area (TPSA) is 96.4 Å². The summed E-state index contributed by atoms with van der Waals surface area (Å²) in [6.45, 7) is 12.2. The number of amides is 2. The van der Waals surface area contributed by atoms with Crippen molar-refractivity contribution in [2.45, 2.75) is 58.7 Å². The van der Waals surface area contributed by atoms with Gasteiger partial charge in [-0.2, -0.15) is 0 Å². The highest BCUT2D eigenvalue weighted by Gasteiger charge is 2.21. The van der Waals surface area contributed by atoms with Gasteiger partial charge in [-0.25, -0.2) is 4.39 Å². The molecule has 1 aliphatic rings. The van der Waals surface area contributed by atoms with Crippen LogP contribution < -0.4 is 26.0 Å². The van der Waals surface area contributed by atoms with E-state index in [1.165, 1.54) is 18.6 Å². The minimum atomic E-state index is -0.669. The molecule has 0 bridgehead atoms. The third-order valence-electron chi connectivity index (χ3n) is 5.99. The SMILES string of the molecule is C=C1CN[C@@H](C)COc2ccccc2CCCNC(=O)C(Cn2cccc2)NC(=O)CN1.CCC.Fc1ccccc1. The summed E-state index contributed by atoms with van der Waals surface area (Å²) in [5.74, 6) is 0.225. The summed E-state index contributed by atoms with van der Waals surface area (Å²) in [6.07, 6.45) is 6.54. The minimum absolute atomic E-state index is 0.0498. The first kappa shape index (κ1) is 34.1. The van der Waals surface area contributed by atoms with Crippen molar-refractivity contribution >= 4 is 11.8 Å². The zero-order chi connectivity index (χ0) is 30.6. The summed E-state index contributed by atoms with van der Waals surface area (Å²) in [5, 5.41) is 12.2. The Labute approximate surface area is 249 Å². The molecular formula is C33H46FN5O3. The van der Waals surface area contributed by atoms with Crippen molar-refractivity contribution in [3.05, 3.63) is 103 Å². The molecule has 4 rings (SSSR count). The highest BCUT2D eigenvalue weighted by Crippen LogP contribution is 2.19. The lowest BCUT2D eigenvalue weighted by Crippen LogP contribution is -2.51. The van der Waals surface area contributed by atoms with Crippen molar-refractivity contribution in [1.29, 1.82) is 0 Å². The first-order valence-corrected chi connectivity index (χ1v) is 14.6. The van der Waals surface area contributed by atoms with Gasteiger partial charge in [0.15, 0.2) is 0 Å². The lowest BCUT2D eigenvalue weighted by Gasteiger charge is -2.21. The van der Waals surface area contributed by atoms with Crippen LogP contribution >= 0.6 is 0 Å². The Morgan fingerprint density at radius 2 is 1.62 bits per heavy atom. The molecule has 2 atom stereocenters. The Kier molecular flexibility index (Phi) is 16.1. The Bertz CT molecular complexity index is 1190. The van der Waals surface area contributed by atoms with E-state index in [0.29, 0.717) is 31.9 Å². The Hall–Kier alpha value is -4.11. The molecule has 0 spiro atoms. The molecule has 0 saturated carbocycles. The summed E-state index contributed by atoms with van der Waals surface area (Å²) in [6, 6.07) is 19.1. The van der Waals surface area contributed by atoms with E-state index >= 15 is 0 Å². The first-order valence-electron chi connectivity index (χ1n) is 14.6. The van der Waals surface area contributed by atoms with E-state index in [1.807, 2.05) is 54.2 Å². The summed E-state index contributed by atoms with van der Waals surface area (Å²) in [7, 11) is 0. The van der Waals surface area contributed by atoms with Gasteiger partial charge < -0.3 is 30.6 Å². The molecule has 8 nitrogen and oxygen atoms in total. The molecule has 1 aromatic heterocycles. The lowest BCUT2D eigenvalue weighted by atomic mass is 10.1. The first-order chi connectivity index (χ1) is 20.3. The molecule has 228 valence electrons. The van der Waals surface area contributed by atoms with Crippen molar-refractivity contribution in [3.63, 3.8) is 0 Å². The Balaban J connectivity index is 0.000000523. The van der Waals surface area contributed by atoms with Gasteiger partial charge in [0.05, 0.1) is 13.1 Å². The Morgan fingerprint density at radius 1 is 0.952 bits per heavy atom. The fraction of sp³-hybridized carbons (Fsp3) is 0.394. The van der Waals surface area contributed by atoms with Crippen molar-refractivity contribution in [2.24, 2.45) is 0 Å². The number of ether oxygens (including phenoxy) is 1. The number of carbonyl (C=O) groups is 2. The summed E-state index contributed by atoms with van der Waals surface area (Å²) in [5.41, 5.74) is 1.80. The number of aryl methyl sites for hydroxylation is 1. The highest BCUT2D eigenvalue weighted by atomic mass is 19.1. The number of nitrogens with zero attached hydrogens (tertiary/aromatic N) is 1. The normalized spacial score (nSPS) is 18.4. The molecule has 3 aromatic rings. The van der Waals surface area contributed by atoms with Crippen LogP contribution in [-0.2, 0) is 22.6 Å². The number of halogens is 1. The van der Waals surface area contributed by atoms with Gasteiger partial charge in [0.1, 0.15) is 24.2 Å². The standard InChI is InChI=1S/C24H33N5O3.C6H5F.C3H8/c1-18-14-26-19(2)17-32-22-10-4-3-8-20(22)9-7-11-25-24(31)21(28-23(30)15-27-18)16-29-12-5-6-13-29;7-6-4-2-1-3-5-6;1-3-2/h3-6,8,10,12-13,19,21,26-27H,1,7,9,11,14-17H2,2H3,(H,25,31)(H,28,30);1-5H;3H2,1-2H3/t19-,21?;;/m0../s1. The third-order valence-corrected chi connectivity index (χ3v) is 5.99. The molecule has 9 heteroatoms. The van der Waals surface area contributed by atoms with Crippen LogP contribution in [0.2, 0.25) is 0 Å². The van der Waals surface area contributed by atoms with Crippen molar-refractivity contribution in [1.82, 2.24) is 25.8 Å². The van der Waals surface area contributed by atoms with Crippen LogP contribution in [0.5, 0.6) is 5.75 Å². The minimum Gasteiger partial charge on any atom is -0.492 e. The average Bonchev–Trinajstić information content (AvgIpc) is 3.50.